The van der Waals surface area contributed by atoms with Crippen LogP contribution in [0, 0.1) is 0 Å². The Hall–Kier alpha value is -2.80. The summed E-state index contributed by atoms with van der Waals surface area (Å²) in [5.74, 6) is -0.169. The number of carbonyl (C=O) groups is 1. The molecule has 7 heteroatoms. The highest BCUT2D eigenvalue weighted by atomic mass is 16.5. The topological polar surface area (TPSA) is 87.0 Å². The van der Waals surface area contributed by atoms with Crippen LogP contribution in [-0.2, 0) is 11.2 Å². The van der Waals surface area contributed by atoms with Crippen molar-refractivity contribution in [2.24, 2.45) is 0 Å². The zero-order valence-corrected chi connectivity index (χ0v) is 15.7. The third-order valence-corrected chi connectivity index (χ3v) is 4.85. The van der Waals surface area contributed by atoms with Gasteiger partial charge < -0.3 is 23.9 Å². The zero-order valence-electron chi connectivity index (χ0n) is 15.7. The van der Waals surface area contributed by atoms with Crippen molar-refractivity contribution in [1.82, 2.24) is 4.57 Å². The van der Waals surface area contributed by atoms with Crippen LogP contribution in [0.15, 0.2) is 29.2 Å². The van der Waals surface area contributed by atoms with Crippen LogP contribution in [0.3, 0.4) is 0 Å². The predicted molar refractivity (Wildman–Crippen MR) is 100 cm³/mol. The van der Waals surface area contributed by atoms with Gasteiger partial charge in [0.25, 0.3) is 0 Å². The van der Waals surface area contributed by atoms with E-state index in [1.165, 1.54) is 13.2 Å². The molecule has 0 fully saturated rings. The number of carboxylic acids is 1. The summed E-state index contributed by atoms with van der Waals surface area (Å²) >= 11 is 0. The Bertz CT molecular complexity index is 917. The molecule has 1 atom stereocenters. The van der Waals surface area contributed by atoms with E-state index in [2.05, 4.69) is 0 Å². The fraction of sp³-hybridized carbons (Fsp3) is 0.400. The molecule has 0 saturated heterocycles. The Balaban J connectivity index is 2.22. The van der Waals surface area contributed by atoms with Crippen LogP contribution >= 0.6 is 0 Å². The maximum Gasteiger partial charge on any atom is 0.341 e. The highest BCUT2D eigenvalue weighted by Crippen LogP contribution is 2.42. The minimum absolute atomic E-state index is 0.0615. The van der Waals surface area contributed by atoms with E-state index in [9.17, 15) is 14.7 Å². The molecule has 0 bridgehead atoms. The van der Waals surface area contributed by atoms with E-state index in [-0.39, 0.29) is 11.6 Å². The van der Waals surface area contributed by atoms with Crippen LogP contribution in [0.1, 0.15) is 35.3 Å². The molecular formula is C20H23NO6. The Kier molecular flexibility index (Phi) is 5.51. The molecule has 3 rings (SSSR count). The summed E-state index contributed by atoms with van der Waals surface area (Å²) in [5.41, 5.74) is 1.32. The smallest absolute Gasteiger partial charge is 0.341 e. The molecule has 2 aromatic rings. The SMILES string of the molecule is CCC1Cc2cc(OCCOC)c(OC)cc2-c2c(C(=O)O)c(=O)ccn21. The summed E-state index contributed by atoms with van der Waals surface area (Å²) in [6.07, 6.45) is 3.20. The summed E-state index contributed by atoms with van der Waals surface area (Å²) in [6, 6.07) is 5.01. The normalized spacial score (nSPS) is 15.0. The summed E-state index contributed by atoms with van der Waals surface area (Å²) in [5, 5.41) is 9.65. The van der Waals surface area contributed by atoms with E-state index in [0.29, 0.717) is 42.4 Å². The van der Waals surface area contributed by atoms with Crippen molar-refractivity contribution in [2.75, 3.05) is 27.4 Å². The summed E-state index contributed by atoms with van der Waals surface area (Å²) in [4.78, 5) is 24.1. The lowest BCUT2D eigenvalue weighted by atomic mass is 9.89. The molecule has 1 aromatic carbocycles. The van der Waals surface area contributed by atoms with Crippen molar-refractivity contribution in [1.29, 1.82) is 0 Å². The van der Waals surface area contributed by atoms with Gasteiger partial charge in [-0.05, 0) is 30.5 Å². The number of fused-ring (bicyclic) bond motifs is 3. The fourth-order valence-electron chi connectivity index (χ4n) is 3.53. The molecular weight excluding hydrogens is 350 g/mol. The molecule has 27 heavy (non-hydrogen) atoms. The van der Waals surface area contributed by atoms with Crippen LogP contribution in [0.2, 0.25) is 0 Å². The van der Waals surface area contributed by atoms with Gasteiger partial charge in [-0.15, -0.1) is 0 Å². The third-order valence-electron chi connectivity index (χ3n) is 4.85. The van der Waals surface area contributed by atoms with E-state index in [1.54, 1.807) is 19.4 Å². The molecule has 0 saturated carbocycles. The van der Waals surface area contributed by atoms with Crippen molar-refractivity contribution in [3.8, 4) is 22.8 Å². The first-order valence-electron chi connectivity index (χ1n) is 8.83. The summed E-state index contributed by atoms with van der Waals surface area (Å²) < 4.78 is 18.1. The highest BCUT2D eigenvalue weighted by Gasteiger charge is 2.30. The molecule has 1 aromatic heterocycles. The van der Waals surface area contributed by atoms with Gasteiger partial charge in [-0.1, -0.05) is 6.92 Å². The first kappa shape index (κ1) is 19.0. The molecule has 1 aliphatic rings. The van der Waals surface area contributed by atoms with Gasteiger partial charge in [0.15, 0.2) is 16.9 Å². The number of pyridine rings is 1. The Morgan fingerprint density at radius 1 is 1.26 bits per heavy atom. The highest BCUT2D eigenvalue weighted by molar-refractivity contribution is 5.96. The quantitative estimate of drug-likeness (QED) is 0.751. The molecule has 1 N–H and O–H groups in total. The van der Waals surface area contributed by atoms with Gasteiger partial charge in [-0.2, -0.15) is 0 Å². The maximum absolute atomic E-state index is 12.3. The van der Waals surface area contributed by atoms with Crippen molar-refractivity contribution in [3.05, 3.63) is 45.7 Å². The van der Waals surface area contributed by atoms with Crippen molar-refractivity contribution in [2.45, 2.75) is 25.8 Å². The van der Waals surface area contributed by atoms with Crippen LogP contribution in [-0.4, -0.2) is 43.1 Å². The number of hydrogen-bond acceptors (Lipinski definition) is 5. The summed E-state index contributed by atoms with van der Waals surface area (Å²) in [6.45, 7) is 2.86. The molecule has 1 unspecified atom stereocenters. The van der Waals surface area contributed by atoms with E-state index < -0.39 is 11.4 Å². The van der Waals surface area contributed by atoms with Crippen LogP contribution in [0.4, 0.5) is 0 Å². The van der Waals surface area contributed by atoms with Crippen LogP contribution in [0.5, 0.6) is 11.5 Å². The van der Waals surface area contributed by atoms with E-state index >= 15 is 0 Å². The zero-order chi connectivity index (χ0) is 19.6. The molecule has 1 aliphatic heterocycles. The van der Waals surface area contributed by atoms with Crippen molar-refractivity contribution in [3.63, 3.8) is 0 Å². The van der Waals surface area contributed by atoms with Gasteiger partial charge in [-0.3, -0.25) is 4.79 Å². The Morgan fingerprint density at radius 2 is 2.04 bits per heavy atom. The molecule has 7 nitrogen and oxygen atoms in total. The van der Waals surface area contributed by atoms with Crippen molar-refractivity contribution < 1.29 is 24.1 Å². The fourth-order valence-corrected chi connectivity index (χ4v) is 3.53. The van der Waals surface area contributed by atoms with Gasteiger partial charge in [0.1, 0.15) is 12.2 Å². The number of aromatic nitrogens is 1. The first-order valence-corrected chi connectivity index (χ1v) is 8.83. The van der Waals surface area contributed by atoms with Crippen molar-refractivity contribution >= 4 is 5.97 Å². The Morgan fingerprint density at radius 3 is 2.67 bits per heavy atom. The lowest BCUT2D eigenvalue weighted by Crippen LogP contribution is -2.26. The van der Waals surface area contributed by atoms with Crippen LogP contribution in [0.25, 0.3) is 11.3 Å². The number of methoxy groups -OCH3 is 2. The van der Waals surface area contributed by atoms with Gasteiger partial charge in [0, 0.05) is 31.0 Å². The standard InChI is InChI=1S/C20H23NO6/c1-4-13-9-12-10-17(27-8-7-25-2)16(26-3)11-14(12)19-18(20(23)24)15(22)5-6-21(13)19/h5-6,10-11,13H,4,7-9H2,1-3H3,(H,23,24). The van der Waals surface area contributed by atoms with E-state index in [0.717, 1.165) is 12.0 Å². The molecule has 0 spiro atoms. The maximum atomic E-state index is 12.3. The lowest BCUT2D eigenvalue weighted by Gasteiger charge is -2.31. The largest absolute Gasteiger partial charge is 0.493 e. The number of nitrogens with zero attached hydrogens (tertiary/aromatic N) is 1. The molecule has 0 aliphatic carbocycles. The number of benzene rings is 1. The average Bonchev–Trinajstić information content (AvgIpc) is 2.66. The number of aromatic carboxylic acids is 1. The number of hydrogen-bond donors (Lipinski definition) is 1. The molecule has 144 valence electrons. The number of ether oxygens (including phenoxy) is 3. The Labute approximate surface area is 157 Å². The summed E-state index contributed by atoms with van der Waals surface area (Å²) in [7, 11) is 3.13. The minimum Gasteiger partial charge on any atom is -0.493 e. The minimum atomic E-state index is -1.23. The molecule has 2 heterocycles. The second kappa shape index (κ2) is 7.84. The average molecular weight is 373 g/mol. The van der Waals surface area contributed by atoms with Gasteiger partial charge in [0.05, 0.1) is 19.4 Å². The van der Waals surface area contributed by atoms with Gasteiger partial charge in [0.2, 0.25) is 0 Å². The van der Waals surface area contributed by atoms with E-state index in [4.69, 9.17) is 14.2 Å². The second-order valence-electron chi connectivity index (χ2n) is 6.38. The number of carboxylic acid groups (broad SMARTS) is 1. The molecule has 0 amide bonds. The monoisotopic (exact) mass is 373 g/mol. The predicted octanol–water partition coefficient (Wildman–Crippen LogP) is 2.75. The third kappa shape index (κ3) is 3.42. The second-order valence-corrected chi connectivity index (χ2v) is 6.38. The lowest BCUT2D eigenvalue weighted by molar-refractivity contribution is 0.0695. The van der Waals surface area contributed by atoms with E-state index in [1.807, 2.05) is 17.6 Å². The first-order chi connectivity index (χ1) is 13.0. The number of rotatable bonds is 7. The molecule has 0 radical (unpaired) electrons. The van der Waals surface area contributed by atoms with Gasteiger partial charge in [-0.25, -0.2) is 4.79 Å². The van der Waals surface area contributed by atoms with Gasteiger partial charge >= 0.3 is 5.97 Å². The van der Waals surface area contributed by atoms with Crippen LogP contribution < -0.4 is 14.9 Å².